The Morgan fingerprint density at radius 3 is 2.17 bits per heavy atom. The van der Waals surface area contributed by atoms with Crippen LogP contribution in [-0.4, -0.2) is 0 Å². The monoisotopic (exact) mass is 185 g/mol. The average Bonchev–Trinajstić information content (AvgIpc) is 2.74. The van der Waals surface area contributed by atoms with Gasteiger partial charge in [-0.1, -0.05) is 30.3 Å². The van der Waals surface area contributed by atoms with Gasteiger partial charge < -0.3 is 6.15 Å². The van der Waals surface area contributed by atoms with E-state index in [1.54, 1.807) is 0 Å². The summed E-state index contributed by atoms with van der Waals surface area (Å²) in [4.78, 5) is 0. The van der Waals surface area contributed by atoms with Crippen LogP contribution in [0.15, 0.2) is 30.3 Å². The Morgan fingerprint density at radius 1 is 1.08 bits per heavy atom. The molecule has 0 amide bonds. The third-order valence-corrected chi connectivity index (χ3v) is 2.06. The lowest BCUT2D eigenvalue weighted by Gasteiger charge is -1.95. The van der Waals surface area contributed by atoms with Gasteiger partial charge >= 0.3 is 0 Å². The zero-order valence-electron chi connectivity index (χ0n) is 7.20. The van der Waals surface area contributed by atoms with Crippen LogP contribution in [0.1, 0.15) is 18.4 Å². The van der Waals surface area contributed by atoms with Crippen LogP contribution < -0.4 is 6.15 Å². The second-order valence-electron chi connectivity index (χ2n) is 3.13. The van der Waals surface area contributed by atoms with Crippen molar-refractivity contribution in [2.45, 2.75) is 19.3 Å². The summed E-state index contributed by atoms with van der Waals surface area (Å²) in [6.45, 7) is 0. The summed E-state index contributed by atoms with van der Waals surface area (Å²) in [5.41, 5.74) is 1.50. The highest BCUT2D eigenvalue weighted by atomic mass is 35.5. The predicted molar refractivity (Wildman–Crippen MR) is 55.1 cm³/mol. The molecule has 2 rings (SSSR count). The largest absolute Gasteiger partial charge is 0.344 e. The fourth-order valence-electron chi connectivity index (χ4n) is 1.27. The van der Waals surface area contributed by atoms with Gasteiger partial charge in [0.2, 0.25) is 0 Å². The van der Waals surface area contributed by atoms with Gasteiger partial charge in [0.1, 0.15) is 0 Å². The van der Waals surface area contributed by atoms with E-state index in [9.17, 15) is 0 Å². The lowest BCUT2D eigenvalue weighted by atomic mass is 10.1. The van der Waals surface area contributed by atoms with Crippen LogP contribution in [0.5, 0.6) is 0 Å². The van der Waals surface area contributed by atoms with Crippen molar-refractivity contribution >= 4 is 12.4 Å². The summed E-state index contributed by atoms with van der Waals surface area (Å²) >= 11 is 0. The normalized spacial score (nSPS) is 14.3. The summed E-state index contributed by atoms with van der Waals surface area (Å²) in [7, 11) is 0. The third kappa shape index (κ3) is 3.24. The van der Waals surface area contributed by atoms with E-state index in [4.69, 9.17) is 0 Å². The van der Waals surface area contributed by atoms with E-state index in [-0.39, 0.29) is 18.6 Å². The molecule has 0 spiro atoms. The number of rotatable bonds is 2. The van der Waals surface area contributed by atoms with Gasteiger partial charge in [-0.25, -0.2) is 0 Å². The molecule has 1 saturated carbocycles. The Labute approximate surface area is 80.2 Å². The second-order valence-corrected chi connectivity index (χ2v) is 3.13. The van der Waals surface area contributed by atoms with Crippen molar-refractivity contribution in [3.8, 4) is 0 Å². The molecule has 0 atom stereocenters. The van der Waals surface area contributed by atoms with E-state index in [1.807, 2.05) is 0 Å². The van der Waals surface area contributed by atoms with Crippen LogP contribution in [-0.2, 0) is 6.42 Å². The first kappa shape index (κ1) is 11.5. The SMILES string of the molecule is Cl.N.c1ccc(CC2CC2)cc1. The van der Waals surface area contributed by atoms with E-state index >= 15 is 0 Å². The van der Waals surface area contributed by atoms with E-state index < -0.39 is 0 Å². The molecule has 0 bridgehead atoms. The maximum atomic E-state index is 2.22. The smallest absolute Gasteiger partial charge is 0.0250 e. The molecule has 12 heavy (non-hydrogen) atoms. The molecule has 2 heteroatoms. The minimum atomic E-state index is 0. The Balaban J connectivity index is 0.000000605. The number of halogens is 1. The van der Waals surface area contributed by atoms with Crippen LogP contribution >= 0.6 is 12.4 Å². The van der Waals surface area contributed by atoms with Gasteiger partial charge in [-0.15, -0.1) is 12.4 Å². The molecule has 1 aromatic carbocycles. The fraction of sp³-hybridized carbons (Fsp3) is 0.400. The molecule has 0 unspecified atom stereocenters. The summed E-state index contributed by atoms with van der Waals surface area (Å²) in [5, 5.41) is 0. The molecular formula is C10H16ClN. The highest BCUT2D eigenvalue weighted by Crippen LogP contribution is 2.32. The van der Waals surface area contributed by atoms with Crippen molar-refractivity contribution in [3.63, 3.8) is 0 Å². The third-order valence-electron chi connectivity index (χ3n) is 2.06. The summed E-state index contributed by atoms with van der Waals surface area (Å²) in [5.74, 6) is 1.02. The highest BCUT2D eigenvalue weighted by molar-refractivity contribution is 5.85. The first-order valence-corrected chi connectivity index (χ1v) is 3.99. The first-order valence-electron chi connectivity index (χ1n) is 3.99. The molecule has 0 aliphatic heterocycles. The minimum absolute atomic E-state index is 0. The Hall–Kier alpha value is -0.530. The second kappa shape index (κ2) is 5.18. The van der Waals surface area contributed by atoms with E-state index in [1.165, 1.54) is 24.8 Å². The van der Waals surface area contributed by atoms with Crippen LogP contribution in [0.4, 0.5) is 0 Å². The summed E-state index contributed by atoms with van der Waals surface area (Å²) in [6, 6.07) is 10.8. The zero-order valence-corrected chi connectivity index (χ0v) is 8.02. The molecule has 1 fully saturated rings. The Bertz CT molecular complexity index is 206. The molecule has 3 N–H and O–H groups in total. The van der Waals surface area contributed by atoms with Crippen molar-refractivity contribution in [2.75, 3.05) is 0 Å². The van der Waals surface area contributed by atoms with Crippen molar-refractivity contribution < 1.29 is 0 Å². The molecule has 0 aromatic heterocycles. The Kier molecular flexibility index (Phi) is 4.95. The molecule has 1 aliphatic rings. The first-order chi connectivity index (χ1) is 4.95. The maximum Gasteiger partial charge on any atom is -0.0250 e. The Morgan fingerprint density at radius 2 is 1.67 bits per heavy atom. The van der Waals surface area contributed by atoms with Gasteiger partial charge in [0.25, 0.3) is 0 Å². The van der Waals surface area contributed by atoms with Crippen molar-refractivity contribution in [1.29, 1.82) is 0 Å². The molecular weight excluding hydrogens is 170 g/mol. The molecule has 68 valence electrons. The lowest BCUT2D eigenvalue weighted by molar-refractivity contribution is 0.832. The van der Waals surface area contributed by atoms with Crippen LogP contribution in [0.25, 0.3) is 0 Å². The molecule has 0 radical (unpaired) electrons. The van der Waals surface area contributed by atoms with Gasteiger partial charge in [-0.3, -0.25) is 0 Å². The average molecular weight is 186 g/mol. The minimum Gasteiger partial charge on any atom is -0.344 e. The van der Waals surface area contributed by atoms with E-state index in [0.717, 1.165) is 5.92 Å². The van der Waals surface area contributed by atoms with Crippen molar-refractivity contribution in [1.82, 2.24) is 6.15 Å². The van der Waals surface area contributed by atoms with Gasteiger partial charge in [0, 0.05) is 0 Å². The van der Waals surface area contributed by atoms with Crippen molar-refractivity contribution in [3.05, 3.63) is 35.9 Å². The molecule has 1 nitrogen and oxygen atoms in total. The van der Waals surface area contributed by atoms with E-state index in [2.05, 4.69) is 30.3 Å². The highest BCUT2D eigenvalue weighted by Gasteiger charge is 2.20. The van der Waals surface area contributed by atoms with Gasteiger partial charge in [-0.05, 0) is 30.7 Å². The summed E-state index contributed by atoms with van der Waals surface area (Å²) < 4.78 is 0. The van der Waals surface area contributed by atoms with Gasteiger partial charge in [0.15, 0.2) is 0 Å². The van der Waals surface area contributed by atoms with Crippen LogP contribution in [0.3, 0.4) is 0 Å². The van der Waals surface area contributed by atoms with Crippen LogP contribution in [0, 0.1) is 5.92 Å². The maximum absolute atomic E-state index is 2.22. The molecule has 1 aromatic rings. The van der Waals surface area contributed by atoms with Gasteiger partial charge in [0.05, 0.1) is 0 Å². The molecule has 0 saturated heterocycles. The van der Waals surface area contributed by atoms with Crippen molar-refractivity contribution in [2.24, 2.45) is 5.92 Å². The number of hydrogen-bond donors (Lipinski definition) is 1. The topological polar surface area (TPSA) is 35.0 Å². The lowest BCUT2D eigenvalue weighted by Crippen LogP contribution is -1.84. The van der Waals surface area contributed by atoms with Gasteiger partial charge in [-0.2, -0.15) is 0 Å². The molecule has 1 aliphatic carbocycles. The van der Waals surface area contributed by atoms with E-state index in [0.29, 0.717) is 0 Å². The molecule has 0 heterocycles. The fourth-order valence-corrected chi connectivity index (χ4v) is 1.27. The standard InChI is InChI=1S/C10H12.ClH.H3N/c1-2-4-9(5-3-1)8-10-6-7-10;;/h1-5,10H,6-8H2;1H;1H3. The quantitative estimate of drug-likeness (QED) is 0.755. The van der Waals surface area contributed by atoms with Crippen LogP contribution in [0.2, 0.25) is 0 Å². The zero-order chi connectivity index (χ0) is 6.81. The summed E-state index contributed by atoms with van der Waals surface area (Å²) in [6.07, 6.45) is 4.21. The predicted octanol–water partition coefficient (Wildman–Crippen LogP) is 3.22. The number of hydrogen-bond acceptors (Lipinski definition) is 1. The number of benzene rings is 1.